The average Bonchev–Trinajstić information content (AvgIpc) is 2.89. The Morgan fingerprint density at radius 1 is 1.14 bits per heavy atom. The molecule has 1 aliphatic heterocycles. The normalized spacial score (nSPS) is 14.3. The molecule has 3 aromatic carbocycles. The van der Waals surface area contributed by atoms with Gasteiger partial charge < -0.3 is 15.0 Å². The third kappa shape index (κ3) is 4.71. The van der Waals surface area contributed by atoms with E-state index >= 15 is 0 Å². The third-order valence-electron chi connectivity index (χ3n) is 5.86. The number of rotatable bonds is 4. The first-order valence-corrected chi connectivity index (χ1v) is 12.5. The number of thioether (sulfide) groups is 1. The summed E-state index contributed by atoms with van der Waals surface area (Å²) < 4.78 is 2.02. The fraction of sp³-hybridized carbons (Fsp3) is 0.143. The van der Waals surface area contributed by atoms with E-state index in [9.17, 15) is 9.59 Å². The first-order valence-electron chi connectivity index (χ1n) is 11.1. The van der Waals surface area contributed by atoms with E-state index in [0.29, 0.717) is 21.7 Å². The lowest BCUT2D eigenvalue weighted by Gasteiger charge is -2.29. The Labute approximate surface area is 211 Å². The number of aliphatic hydroxyl groups is 1. The van der Waals surface area contributed by atoms with E-state index in [4.69, 9.17) is 16.7 Å². The number of carbonyl (C=O) groups is 1. The first kappa shape index (κ1) is 23.3. The maximum atomic E-state index is 13.5. The zero-order valence-corrected chi connectivity index (χ0v) is 20.2. The Hall–Kier alpha value is -3.50. The van der Waals surface area contributed by atoms with Gasteiger partial charge in [0.25, 0.3) is 5.91 Å². The van der Waals surface area contributed by atoms with Crippen molar-refractivity contribution in [3.63, 3.8) is 0 Å². The smallest absolute Gasteiger partial charge is 0.257 e. The number of halogens is 1. The predicted octanol–water partition coefficient (Wildman–Crippen LogP) is 4.72. The molecule has 5 rings (SSSR count). The summed E-state index contributed by atoms with van der Waals surface area (Å²) >= 11 is 7.67. The van der Waals surface area contributed by atoms with Crippen LogP contribution in [0, 0.1) is 11.8 Å². The second-order valence-electron chi connectivity index (χ2n) is 8.15. The average molecular weight is 501 g/mol. The summed E-state index contributed by atoms with van der Waals surface area (Å²) in [5, 5.41) is 13.0. The van der Waals surface area contributed by atoms with Gasteiger partial charge in [-0.05, 0) is 41.0 Å². The number of hydrogen-bond acceptors (Lipinski definition) is 4. The highest BCUT2D eigenvalue weighted by Gasteiger charge is 2.26. The van der Waals surface area contributed by atoms with Crippen LogP contribution in [0.3, 0.4) is 0 Å². The summed E-state index contributed by atoms with van der Waals surface area (Å²) in [6.07, 6.45) is 1.67. The third-order valence-corrected chi connectivity index (χ3v) is 7.41. The summed E-state index contributed by atoms with van der Waals surface area (Å²) in [5.41, 5.74) is 4.14. The molecule has 0 saturated carbocycles. The monoisotopic (exact) mass is 500 g/mol. The molecule has 0 bridgehead atoms. The van der Waals surface area contributed by atoms with Crippen molar-refractivity contribution in [2.24, 2.45) is 0 Å². The molecule has 1 aromatic heterocycles. The molecule has 0 spiro atoms. The number of aliphatic hydroxyl groups excluding tert-OH is 1. The van der Waals surface area contributed by atoms with Crippen LogP contribution in [-0.4, -0.2) is 22.2 Å². The topological polar surface area (TPSA) is 71.3 Å². The summed E-state index contributed by atoms with van der Waals surface area (Å²) in [5.74, 6) is 5.82. The lowest BCUT2D eigenvalue weighted by atomic mass is 10.0. The van der Waals surface area contributed by atoms with Crippen LogP contribution in [0.2, 0.25) is 5.02 Å². The highest BCUT2D eigenvalue weighted by molar-refractivity contribution is 7.98. The number of benzene rings is 3. The molecule has 1 unspecified atom stereocenters. The Morgan fingerprint density at radius 2 is 1.91 bits per heavy atom. The Morgan fingerprint density at radius 3 is 2.66 bits per heavy atom. The number of carbonyl (C=O) groups excluding carboxylic acids is 1. The molecule has 5 nitrogen and oxygen atoms in total. The molecule has 174 valence electrons. The van der Waals surface area contributed by atoms with Crippen molar-refractivity contribution >= 4 is 40.2 Å². The molecule has 2 N–H and O–H groups in total. The molecule has 0 saturated heterocycles. The van der Waals surface area contributed by atoms with Crippen molar-refractivity contribution in [2.45, 2.75) is 17.7 Å². The maximum absolute atomic E-state index is 13.5. The molecular weight excluding hydrogens is 480 g/mol. The highest BCUT2D eigenvalue weighted by Crippen LogP contribution is 2.41. The van der Waals surface area contributed by atoms with Gasteiger partial charge in [-0.25, -0.2) is 0 Å². The number of aromatic nitrogens is 1. The van der Waals surface area contributed by atoms with E-state index in [0.717, 1.165) is 22.2 Å². The van der Waals surface area contributed by atoms with Gasteiger partial charge in [0, 0.05) is 34.5 Å². The molecule has 0 radical (unpaired) electrons. The lowest BCUT2D eigenvalue weighted by molar-refractivity contribution is 0.0949. The number of hydrogen-bond donors (Lipinski definition) is 2. The molecule has 1 amide bonds. The maximum Gasteiger partial charge on any atom is 0.257 e. The summed E-state index contributed by atoms with van der Waals surface area (Å²) in [4.78, 5) is 26.7. The Kier molecular flexibility index (Phi) is 6.65. The van der Waals surface area contributed by atoms with Crippen molar-refractivity contribution in [2.75, 3.05) is 6.61 Å². The molecule has 0 aliphatic carbocycles. The van der Waals surface area contributed by atoms with Gasteiger partial charge in [-0.2, -0.15) is 0 Å². The van der Waals surface area contributed by atoms with Crippen LogP contribution in [0.25, 0.3) is 10.9 Å². The van der Waals surface area contributed by atoms with Crippen molar-refractivity contribution in [3.05, 3.63) is 116 Å². The lowest BCUT2D eigenvalue weighted by Crippen LogP contribution is -2.31. The molecule has 4 aromatic rings. The molecular formula is C28H21ClN2O3S. The van der Waals surface area contributed by atoms with Crippen LogP contribution < -0.4 is 10.7 Å². The van der Waals surface area contributed by atoms with Crippen molar-refractivity contribution < 1.29 is 9.90 Å². The molecule has 2 heterocycles. The van der Waals surface area contributed by atoms with E-state index in [1.807, 2.05) is 53.1 Å². The standard InChI is InChI=1S/C28H21ClN2O3S/c29-22-10-8-18(9-11-22)15-30-27(34)24-16-31-25-21(17-35-28(31)20-6-2-1-3-7-20)13-19(5-4-12-32)14-23(25)26(24)33/h1-3,6-11,13-14,16,28,32H,12,15,17H2,(H,30,34). The van der Waals surface area contributed by atoms with Crippen LogP contribution in [0.1, 0.15) is 38.0 Å². The Balaban J connectivity index is 1.63. The minimum Gasteiger partial charge on any atom is -0.384 e. The molecule has 35 heavy (non-hydrogen) atoms. The van der Waals surface area contributed by atoms with E-state index in [1.54, 1.807) is 36.2 Å². The molecule has 7 heteroatoms. The minimum absolute atomic E-state index is 0.0770. The van der Waals surface area contributed by atoms with E-state index < -0.39 is 5.91 Å². The van der Waals surface area contributed by atoms with Gasteiger partial charge in [0.15, 0.2) is 0 Å². The van der Waals surface area contributed by atoms with Crippen molar-refractivity contribution in [1.82, 2.24) is 9.88 Å². The van der Waals surface area contributed by atoms with Gasteiger partial charge in [0.05, 0.1) is 5.52 Å². The van der Waals surface area contributed by atoms with Gasteiger partial charge in [-0.15, -0.1) is 11.8 Å². The van der Waals surface area contributed by atoms with Gasteiger partial charge in [0.2, 0.25) is 5.43 Å². The van der Waals surface area contributed by atoms with Crippen molar-refractivity contribution in [3.8, 4) is 11.8 Å². The van der Waals surface area contributed by atoms with Crippen LogP contribution in [-0.2, 0) is 12.3 Å². The van der Waals surface area contributed by atoms with E-state index in [2.05, 4.69) is 17.2 Å². The van der Waals surface area contributed by atoms with Gasteiger partial charge >= 0.3 is 0 Å². The van der Waals surface area contributed by atoms with Gasteiger partial charge in [0.1, 0.15) is 17.5 Å². The summed E-state index contributed by atoms with van der Waals surface area (Å²) in [6.45, 7) is 0.00713. The first-order chi connectivity index (χ1) is 17.0. The van der Waals surface area contributed by atoms with Crippen LogP contribution in [0.4, 0.5) is 0 Å². The second-order valence-corrected chi connectivity index (χ2v) is 9.66. The van der Waals surface area contributed by atoms with Crippen molar-refractivity contribution in [1.29, 1.82) is 0 Å². The van der Waals surface area contributed by atoms with Crippen LogP contribution >= 0.6 is 23.4 Å². The van der Waals surface area contributed by atoms with Gasteiger partial charge in [-0.1, -0.05) is 65.9 Å². The molecule has 1 atom stereocenters. The molecule has 0 fully saturated rings. The SMILES string of the molecule is O=C(NCc1ccc(Cl)cc1)c1cn2c3c(cc(C#CCO)cc3c1=O)CSC2c1ccccc1. The largest absolute Gasteiger partial charge is 0.384 e. The Bertz CT molecular complexity index is 1540. The fourth-order valence-electron chi connectivity index (χ4n) is 4.25. The minimum atomic E-state index is -0.439. The van der Waals surface area contributed by atoms with E-state index in [-0.39, 0.29) is 29.5 Å². The molecule has 1 aliphatic rings. The number of nitrogens with one attached hydrogen (secondary N) is 1. The zero-order valence-electron chi connectivity index (χ0n) is 18.6. The quantitative estimate of drug-likeness (QED) is 0.398. The number of pyridine rings is 1. The van der Waals surface area contributed by atoms with E-state index in [1.165, 1.54) is 0 Å². The van der Waals surface area contributed by atoms with Crippen LogP contribution in [0.15, 0.2) is 77.7 Å². The fourth-order valence-corrected chi connectivity index (χ4v) is 5.61. The van der Waals surface area contributed by atoms with Gasteiger partial charge in [-0.3, -0.25) is 9.59 Å². The number of amides is 1. The summed E-state index contributed by atoms with van der Waals surface area (Å²) in [6, 6.07) is 20.9. The number of nitrogens with zero attached hydrogens (tertiary/aromatic N) is 1. The second kappa shape index (κ2) is 10.0. The highest BCUT2D eigenvalue weighted by atomic mass is 35.5. The zero-order chi connectivity index (χ0) is 24.4. The summed E-state index contributed by atoms with van der Waals surface area (Å²) in [7, 11) is 0. The predicted molar refractivity (Wildman–Crippen MR) is 141 cm³/mol. The van der Waals surface area contributed by atoms with Crippen LogP contribution in [0.5, 0.6) is 0 Å².